The van der Waals surface area contributed by atoms with Crippen molar-refractivity contribution < 1.29 is 9.63 Å². The molecule has 0 fully saturated rings. The fraction of sp³-hybridized carbons (Fsp3) is 0.389. The Bertz CT molecular complexity index is 755. The smallest absolute Gasteiger partial charge is 0.266 e. The number of aromatic nitrogens is 1. The molecule has 0 spiro atoms. The predicted molar refractivity (Wildman–Crippen MR) is 90.0 cm³/mol. The quantitative estimate of drug-likeness (QED) is 0.872. The van der Waals surface area contributed by atoms with Crippen molar-refractivity contribution in [2.45, 2.75) is 32.9 Å². The maximum Gasteiger partial charge on any atom is 0.266 e. The van der Waals surface area contributed by atoms with Crippen LogP contribution in [0, 0.1) is 5.92 Å². The second-order valence-corrected chi connectivity index (χ2v) is 6.26. The molecule has 1 amide bonds. The molecule has 0 saturated carbocycles. The first-order chi connectivity index (χ1) is 11.0. The van der Waals surface area contributed by atoms with Gasteiger partial charge in [0, 0.05) is 31.6 Å². The normalized spacial score (nSPS) is 17.2. The molecule has 0 unspecified atom stereocenters. The van der Waals surface area contributed by atoms with Crippen LogP contribution in [0.1, 0.15) is 25.8 Å². The third kappa shape index (κ3) is 3.33. The van der Waals surface area contributed by atoms with Gasteiger partial charge in [-0.3, -0.25) is 9.78 Å². The van der Waals surface area contributed by atoms with E-state index in [1.54, 1.807) is 18.1 Å². The van der Waals surface area contributed by atoms with Crippen molar-refractivity contribution in [2.75, 3.05) is 7.05 Å². The van der Waals surface area contributed by atoms with Crippen LogP contribution in [0.3, 0.4) is 0 Å². The van der Waals surface area contributed by atoms with Gasteiger partial charge >= 0.3 is 0 Å². The highest BCUT2D eigenvalue weighted by molar-refractivity contribution is 5.93. The van der Waals surface area contributed by atoms with Crippen molar-refractivity contribution in [2.24, 2.45) is 11.1 Å². The number of carbonyl (C=O) groups is 1. The molecule has 5 heteroatoms. The van der Waals surface area contributed by atoms with Crippen LogP contribution in [0.15, 0.2) is 41.7 Å². The standard InChI is InChI=1S/C18H21N3O2/c1-12(2)16-10-17(23-20-16)18(22)21(3)11-13-6-7-15-14(9-13)5-4-8-19-15/h4-9,12,17H,10-11H2,1-3H3/t17-/m0/s1. The van der Waals surface area contributed by atoms with Crippen molar-refractivity contribution in [1.82, 2.24) is 9.88 Å². The SMILES string of the molecule is CC(C)C1=NO[C@H](C(=O)N(C)Cc2ccc3ncccc3c2)C1. The second-order valence-electron chi connectivity index (χ2n) is 6.26. The summed E-state index contributed by atoms with van der Waals surface area (Å²) in [5, 5.41) is 5.11. The van der Waals surface area contributed by atoms with E-state index in [0.29, 0.717) is 18.9 Å². The third-order valence-electron chi connectivity index (χ3n) is 4.10. The van der Waals surface area contributed by atoms with Crippen molar-refractivity contribution in [3.05, 3.63) is 42.1 Å². The molecule has 0 N–H and O–H groups in total. The van der Waals surface area contributed by atoms with Crippen molar-refractivity contribution in [1.29, 1.82) is 0 Å². The number of carbonyl (C=O) groups excluding carboxylic acids is 1. The van der Waals surface area contributed by atoms with Crippen LogP contribution in [0.2, 0.25) is 0 Å². The Labute approximate surface area is 135 Å². The Morgan fingerprint density at radius 3 is 2.96 bits per heavy atom. The Morgan fingerprint density at radius 1 is 1.39 bits per heavy atom. The number of fused-ring (bicyclic) bond motifs is 1. The number of rotatable bonds is 4. The molecule has 0 aliphatic carbocycles. The molecule has 3 rings (SSSR count). The van der Waals surface area contributed by atoms with Crippen LogP contribution in [-0.4, -0.2) is 34.7 Å². The van der Waals surface area contributed by atoms with Gasteiger partial charge in [0.05, 0.1) is 11.2 Å². The van der Waals surface area contributed by atoms with E-state index < -0.39 is 6.10 Å². The summed E-state index contributed by atoms with van der Waals surface area (Å²) in [7, 11) is 1.80. The summed E-state index contributed by atoms with van der Waals surface area (Å²) in [6.07, 6.45) is 1.88. The topological polar surface area (TPSA) is 54.8 Å². The number of amides is 1. The van der Waals surface area contributed by atoms with Gasteiger partial charge in [0.15, 0.2) is 0 Å². The number of hydrogen-bond donors (Lipinski definition) is 0. The van der Waals surface area contributed by atoms with E-state index in [1.165, 1.54) is 0 Å². The Hall–Kier alpha value is -2.43. The maximum atomic E-state index is 12.5. The monoisotopic (exact) mass is 311 g/mol. The zero-order valence-corrected chi connectivity index (χ0v) is 13.7. The minimum absolute atomic E-state index is 0.0318. The molecular formula is C18H21N3O2. The lowest BCUT2D eigenvalue weighted by molar-refractivity contribution is -0.141. The average Bonchev–Trinajstić information content (AvgIpc) is 3.04. The van der Waals surface area contributed by atoms with Gasteiger partial charge in [-0.25, -0.2) is 0 Å². The van der Waals surface area contributed by atoms with Gasteiger partial charge in [0.25, 0.3) is 5.91 Å². The summed E-state index contributed by atoms with van der Waals surface area (Å²) in [5.74, 6) is 0.279. The molecule has 23 heavy (non-hydrogen) atoms. The molecule has 0 radical (unpaired) electrons. The van der Waals surface area contributed by atoms with Crippen LogP contribution >= 0.6 is 0 Å². The summed E-state index contributed by atoms with van der Waals surface area (Å²) in [5.41, 5.74) is 2.98. The molecule has 1 aliphatic rings. The van der Waals surface area contributed by atoms with Gasteiger partial charge in [-0.1, -0.05) is 31.1 Å². The summed E-state index contributed by atoms with van der Waals surface area (Å²) in [6, 6.07) is 9.99. The highest BCUT2D eigenvalue weighted by Crippen LogP contribution is 2.19. The van der Waals surface area contributed by atoms with Crippen LogP contribution in [-0.2, 0) is 16.2 Å². The van der Waals surface area contributed by atoms with Crippen LogP contribution in [0.4, 0.5) is 0 Å². The summed E-state index contributed by atoms with van der Waals surface area (Å²) in [4.78, 5) is 23.8. The van der Waals surface area contributed by atoms with Gasteiger partial charge in [0.1, 0.15) is 0 Å². The first-order valence-corrected chi connectivity index (χ1v) is 7.86. The molecule has 1 atom stereocenters. The first kappa shape index (κ1) is 15.5. The van der Waals surface area contributed by atoms with E-state index in [2.05, 4.69) is 30.1 Å². The minimum atomic E-state index is -0.487. The molecule has 1 aromatic carbocycles. The summed E-state index contributed by atoms with van der Waals surface area (Å²) in [6.45, 7) is 4.66. The molecular weight excluding hydrogens is 290 g/mol. The average molecular weight is 311 g/mol. The maximum absolute atomic E-state index is 12.5. The van der Waals surface area contributed by atoms with E-state index in [0.717, 1.165) is 22.2 Å². The molecule has 5 nitrogen and oxygen atoms in total. The van der Waals surface area contributed by atoms with Gasteiger partial charge in [0.2, 0.25) is 6.10 Å². The largest absolute Gasteiger partial charge is 0.382 e. The fourth-order valence-electron chi connectivity index (χ4n) is 2.69. The van der Waals surface area contributed by atoms with Crippen LogP contribution in [0.25, 0.3) is 10.9 Å². The molecule has 1 aromatic heterocycles. The predicted octanol–water partition coefficient (Wildman–Crippen LogP) is 2.99. The number of hydrogen-bond acceptors (Lipinski definition) is 4. The Balaban J connectivity index is 1.66. The van der Waals surface area contributed by atoms with Gasteiger partial charge in [-0.05, 0) is 29.7 Å². The minimum Gasteiger partial charge on any atom is -0.382 e. The number of likely N-dealkylation sites (N-methyl/N-ethyl adjacent to an activating group) is 1. The number of nitrogens with zero attached hydrogens (tertiary/aromatic N) is 3. The van der Waals surface area contributed by atoms with Crippen LogP contribution < -0.4 is 0 Å². The van der Waals surface area contributed by atoms with Crippen molar-refractivity contribution >= 4 is 22.5 Å². The van der Waals surface area contributed by atoms with E-state index in [9.17, 15) is 4.79 Å². The van der Waals surface area contributed by atoms with Crippen LogP contribution in [0.5, 0.6) is 0 Å². The summed E-state index contributed by atoms with van der Waals surface area (Å²) >= 11 is 0. The number of pyridine rings is 1. The lowest BCUT2D eigenvalue weighted by Gasteiger charge is -2.20. The van der Waals surface area contributed by atoms with E-state index in [1.807, 2.05) is 24.3 Å². The number of benzene rings is 1. The van der Waals surface area contributed by atoms with Crippen molar-refractivity contribution in [3.8, 4) is 0 Å². The van der Waals surface area contributed by atoms with E-state index >= 15 is 0 Å². The Morgan fingerprint density at radius 2 is 2.22 bits per heavy atom. The Kier molecular flexibility index (Phi) is 4.28. The third-order valence-corrected chi connectivity index (χ3v) is 4.10. The van der Waals surface area contributed by atoms with Crippen molar-refractivity contribution in [3.63, 3.8) is 0 Å². The molecule has 1 aliphatic heterocycles. The molecule has 0 bridgehead atoms. The lowest BCUT2D eigenvalue weighted by atomic mass is 10.0. The molecule has 2 aromatic rings. The van der Waals surface area contributed by atoms with E-state index in [-0.39, 0.29) is 5.91 Å². The second kappa shape index (κ2) is 6.36. The zero-order valence-electron chi connectivity index (χ0n) is 13.7. The molecule has 120 valence electrons. The number of oxime groups is 1. The summed E-state index contributed by atoms with van der Waals surface area (Å²) < 4.78 is 0. The highest BCUT2D eigenvalue weighted by atomic mass is 16.6. The van der Waals surface area contributed by atoms with E-state index in [4.69, 9.17) is 4.84 Å². The van der Waals surface area contributed by atoms with Gasteiger partial charge in [-0.2, -0.15) is 0 Å². The van der Waals surface area contributed by atoms with Gasteiger partial charge < -0.3 is 9.74 Å². The lowest BCUT2D eigenvalue weighted by Crippen LogP contribution is -2.36. The molecule has 2 heterocycles. The highest BCUT2D eigenvalue weighted by Gasteiger charge is 2.31. The zero-order chi connectivity index (χ0) is 16.4. The first-order valence-electron chi connectivity index (χ1n) is 7.86. The fourth-order valence-corrected chi connectivity index (χ4v) is 2.69. The molecule has 0 saturated heterocycles. The van der Waals surface area contributed by atoms with Gasteiger partial charge in [-0.15, -0.1) is 0 Å².